The molecule has 0 bridgehead atoms. The van der Waals surface area contributed by atoms with E-state index in [4.69, 9.17) is 20.9 Å². The van der Waals surface area contributed by atoms with E-state index in [9.17, 15) is 4.79 Å². The summed E-state index contributed by atoms with van der Waals surface area (Å²) in [7, 11) is 0. The molecule has 0 saturated carbocycles. The van der Waals surface area contributed by atoms with Crippen LogP contribution in [0.3, 0.4) is 0 Å². The molecule has 1 heterocycles. The van der Waals surface area contributed by atoms with E-state index in [1.807, 2.05) is 29.2 Å². The molecule has 6 heteroatoms. The number of carbonyl (C=O) groups is 1. The first-order valence-corrected chi connectivity index (χ1v) is 7.23. The van der Waals surface area contributed by atoms with Gasteiger partial charge in [0, 0.05) is 13.1 Å². The number of carbonyl (C=O) groups excluding carboxylic acids is 1. The summed E-state index contributed by atoms with van der Waals surface area (Å²) in [5.41, 5.74) is 12.1. The first-order valence-electron chi connectivity index (χ1n) is 7.23. The molecular formula is C15H23N3O3. The maximum Gasteiger partial charge on any atom is 0.237 e. The molecule has 1 saturated heterocycles. The van der Waals surface area contributed by atoms with E-state index >= 15 is 0 Å². The molecule has 1 fully saturated rings. The van der Waals surface area contributed by atoms with Crippen molar-refractivity contribution in [1.29, 1.82) is 0 Å². The van der Waals surface area contributed by atoms with Crippen LogP contribution in [0.2, 0.25) is 0 Å². The van der Waals surface area contributed by atoms with Gasteiger partial charge < -0.3 is 20.9 Å². The Hall–Kier alpha value is -1.63. The molecule has 1 atom stereocenters. The summed E-state index contributed by atoms with van der Waals surface area (Å²) in [6.45, 7) is 3.50. The molecule has 1 aromatic carbocycles. The first-order chi connectivity index (χ1) is 10.2. The molecule has 1 aliphatic rings. The molecule has 6 nitrogen and oxygen atoms in total. The third-order valence-electron chi connectivity index (χ3n) is 3.57. The number of nitrogens with zero attached hydrogens (tertiary/aromatic N) is 1. The molecule has 4 N–H and O–H groups in total. The smallest absolute Gasteiger partial charge is 0.237 e. The molecule has 0 aromatic heterocycles. The van der Waals surface area contributed by atoms with Crippen molar-refractivity contribution in [3.63, 3.8) is 0 Å². The average Bonchev–Trinajstić information content (AvgIpc) is 2.50. The summed E-state index contributed by atoms with van der Waals surface area (Å²) in [6.07, 6.45) is 0.869. The highest BCUT2D eigenvalue weighted by atomic mass is 16.5. The minimum absolute atomic E-state index is 0.346. The number of hydrogen-bond donors (Lipinski definition) is 2. The third-order valence-corrected chi connectivity index (χ3v) is 3.57. The van der Waals surface area contributed by atoms with E-state index < -0.39 is 0 Å². The summed E-state index contributed by atoms with van der Waals surface area (Å²) in [6, 6.07) is 7.56. The van der Waals surface area contributed by atoms with Crippen LogP contribution < -0.4 is 16.2 Å². The highest BCUT2D eigenvalue weighted by Crippen LogP contribution is 2.13. The van der Waals surface area contributed by atoms with E-state index in [2.05, 4.69) is 0 Å². The second-order valence-corrected chi connectivity index (χ2v) is 5.06. The van der Waals surface area contributed by atoms with Gasteiger partial charge in [0.25, 0.3) is 0 Å². The Bertz CT molecular complexity index is 450. The van der Waals surface area contributed by atoms with Gasteiger partial charge in [0.1, 0.15) is 18.4 Å². The van der Waals surface area contributed by atoms with Gasteiger partial charge in [0.2, 0.25) is 5.91 Å². The molecule has 2 rings (SSSR count). The van der Waals surface area contributed by atoms with Crippen molar-refractivity contribution in [3.05, 3.63) is 29.8 Å². The molecule has 1 aliphatic heterocycles. The summed E-state index contributed by atoms with van der Waals surface area (Å²) in [5, 5.41) is 0. The lowest BCUT2D eigenvalue weighted by atomic mass is 10.1. The largest absolute Gasteiger partial charge is 0.492 e. The van der Waals surface area contributed by atoms with Gasteiger partial charge in [-0.25, -0.2) is 0 Å². The van der Waals surface area contributed by atoms with Crippen LogP contribution in [0.15, 0.2) is 24.3 Å². The molecule has 0 aliphatic carbocycles. The molecule has 0 spiro atoms. The van der Waals surface area contributed by atoms with Crippen LogP contribution in [0, 0.1) is 0 Å². The summed E-state index contributed by atoms with van der Waals surface area (Å²) < 4.78 is 11.0. The third kappa shape index (κ3) is 4.70. The Kier molecular flexibility index (Phi) is 5.98. The average molecular weight is 293 g/mol. The van der Waals surface area contributed by atoms with E-state index in [1.165, 1.54) is 5.56 Å². The molecular weight excluding hydrogens is 270 g/mol. The lowest BCUT2D eigenvalue weighted by molar-refractivity contribution is -0.129. The Labute approximate surface area is 125 Å². The van der Waals surface area contributed by atoms with Gasteiger partial charge >= 0.3 is 0 Å². The zero-order valence-electron chi connectivity index (χ0n) is 12.2. The van der Waals surface area contributed by atoms with Crippen LogP contribution in [0.1, 0.15) is 5.56 Å². The SMILES string of the molecule is NCCc1ccc(OCCN2CCOCC2C(N)=O)cc1. The fourth-order valence-electron chi connectivity index (χ4n) is 2.37. The predicted octanol–water partition coefficient (Wildman–Crippen LogP) is -0.247. The fraction of sp³-hybridized carbons (Fsp3) is 0.533. The number of nitrogens with two attached hydrogens (primary N) is 2. The molecule has 1 unspecified atom stereocenters. The number of amides is 1. The topological polar surface area (TPSA) is 90.8 Å². The number of hydrogen-bond acceptors (Lipinski definition) is 5. The number of benzene rings is 1. The van der Waals surface area contributed by atoms with Crippen LogP contribution in [0.5, 0.6) is 5.75 Å². The van der Waals surface area contributed by atoms with Gasteiger partial charge in [-0.15, -0.1) is 0 Å². The second kappa shape index (κ2) is 7.97. The maximum absolute atomic E-state index is 11.3. The maximum atomic E-state index is 11.3. The highest BCUT2D eigenvalue weighted by Gasteiger charge is 2.27. The fourth-order valence-corrected chi connectivity index (χ4v) is 2.37. The number of rotatable bonds is 7. The zero-order chi connectivity index (χ0) is 15.1. The van der Waals surface area contributed by atoms with E-state index in [0.717, 1.165) is 12.2 Å². The van der Waals surface area contributed by atoms with Crippen LogP contribution in [-0.2, 0) is 16.0 Å². The molecule has 21 heavy (non-hydrogen) atoms. The van der Waals surface area contributed by atoms with Gasteiger partial charge in [0.15, 0.2) is 0 Å². The molecule has 0 radical (unpaired) electrons. The monoisotopic (exact) mass is 293 g/mol. The van der Waals surface area contributed by atoms with Crippen LogP contribution in [-0.4, -0.2) is 56.3 Å². The van der Waals surface area contributed by atoms with Gasteiger partial charge in [-0.1, -0.05) is 12.1 Å². The van der Waals surface area contributed by atoms with Gasteiger partial charge in [-0.2, -0.15) is 0 Å². The number of morpholine rings is 1. The van der Waals surface area contributed by atoms with E-state index in [0.29, 0.717) is 39.5 Å². The van der Waals surface area contributed by atoms with Crippen molar-refractivity contribution in [2.45, 2.75) is 12.5 Å². The van der Waals surface area contributed by atoms with Crippen molar-refractivity contribution < 1.29 is 14.3 Å². The normalized spacial score (nSPS) is 19.4. The van der Waals surface area contributed by atoms with Crippen LogP contribution >= 0.6 is 0 Å². The Morgan fingerprint density at radius 3 is 2.81 bits per heavy atom. The lowest BCUT2D eigenvalue weighted by Crippen LogP contribution is -2.53. The predicted molar refractivity (Wildman–Crippen MR) is 80.1 cm³/mol. The lowest BCUT2D eigenvalue weighted by Gasteiger charge is -2.33. The highest BCUT2D eigenvalue weighted by molar-refractivity contribution is 5.80. The van der Waals surface area contributed by atoms with Gasteiger partial charge in [-0.05, 0) is 30.7 Å². The summed E-state index contributed by atoms with van der Waals surface area (Å²) in [5.74, 6) is 0.473. The first kappa shape index (κ1) is 15.8. The van der Waals surface area contributed by atoms with Crippen molar-refractivity contribution >= 4 is 5.91 Å². The summed E-state index contributed by atoms with van der Waals surface area (Å²) in [4.78, 5) is 13.4. The van der Waals surface area contributed by atoms with E-state index in [1.54, 1.807) is 0 Å². The Balaban J connectivity index is 1.78. The molecule has 1 aromatic rings. The van der Waals surface area contributed by atoms with Crippen LogP contribution in [0.25, 0.3) is 0 Å². The minimum atomic E-state index is -0.353. The Morgan fingerprint density at radius 2 is 2.14 bits per heavy atom. The van der Waals surface area contributed by atoms with Crippen molar-refractivity contribution in [3.8, 4) is 5.75 Å². The summed E-state index contributed by atoms with van der Waals surface area (Å²) >= 11 is 0. The van der Waals surface area contributed by atoms with Crippen molar-refractivity contribution in [1.82, 2.24) is 4.90 Å². The van der Waals surface area contributed by atoms with Crippen molar-refractivity contribution in [2.24, 2.45) is 11.5 Å². The number of primary amides is 1. The molecule has 1 amide bonds. The van der Waals surface area contributed by atoms with Crippen LogP contribution in [0.4, 0.5) is 0 Å². The standard InChI is InChI=1S/C15H23N3O3/c16-6-5-12-1-3-13(4-2-12)21-10-8-18-7-9-20-11-14(18)15(17)19/h1-4,14H,5-11,16H2,(H2,17,19). The van der Waals surface area contributed by atoms with Gasteiger partial charge in [-0.3, -0.25) is 9.69 Å². The molecule has 116 valence electrons. The minimum Gasteiger partial charge on any atom is -0.492 e. The van der Waals surface area contributed by atoms with Crippen molar-refractivity contribution in [2.75, 3.05) is 39.5 Å². The zero-order valence-corrected chi connectivity index (χ0v) is 12.2. The van der Waals surface area contributed by atoms with Gasteiger partial charge in [0.05, 0.1) is 13.2 Å². The quantitative estimate of drug-likeness (QED) is 0.723. The second-order valence-electron chi connectivity index (χ2n) is 5.06. The van der Waals surface area contributed by atoms with E-state index in [-0.39, 0.29) is 11.9 Å². The number of ether oxygens (including phenoxy) is 2. The Morgan fingerprint density at radius 1 is 1.38 bits per heavy atom.